The largest absolute Gasteiger partial charge is 0.369 e. The molecule has 0 saturated carbocycles. The van der Waals surface area contributed by atoms with Crippen LogP contribution in [0.5, 0.6) is 0 Å². The fraction of sp³-hybridized carbons (Fsp3) is 0.462. The summed E-state index contributed by atoms with van der Waals surface area (Å²) < 4.78 is 0. The van der Waals surface area contributed by atoms with E-state index in [0.717, 1.165) is 38.3 Å². The van der Waals surface area contributed by atoms with Crippen LogP contribution in [0.4, 0.5) is 0 Å². The Morgan fingerprint density at radius 3 is 2.32 bits per heavy atom. The normalized spacial score (nSPS) is 17.6. The van der Waals surface area contributed by atoms with Gasteiger partial charge in [0.25, 0.3) is 0 Å². The lowest BCUT2D eigenvalue weighted by Gasteiger charge is -2.34. The minimum absolute atomic E-state index is 0.266. The summed E-state index contributed by atoms with van der Waals surface area (Å²) in [5.74, 6) is -0.266. The van der Waals surface area contributed by atoms with Crippen molar-refractivity contribution in [3.63, 3.8) is 0 Å². The SMILES string of the molecule is NC(=O)CN1CCN(Cc2ccc(Cl)c(Cl)c2)CC1. The van der Waals surface area contributed by atoms with Crippen molar-refractivity contribution in [1.29, 1.82) is 0 Å². The summed E-state index contributed by atoms with van der Waals surface area (Å²) in [6.07, 6.45) is 0. The van der Waals surface area contributed by atoms with Gasteiger partial charge in [-0.2, -0.15) is 0 Å². The van der Waals surface area contributed by atoms with Crippen LogP contribution >= 0.6 is 23.2 Å². The van der Waals surface area contributed by atoms with E-state index in [1.807, 2.05) is 18.2 Å². The van der Waals surface area contributed by atoms with Gasteiger partial charge in [0.1, 0.15) is 0 Å². The smallest absolute Gasteiger partial charge is 0.231 e. The molecule has 6 heteroatoms. The van der Waals surface area contributed by atoms with Gasteiger partial charge >= 0.3 is 0 Å². The second-order valence-corrected chi connectivity index (χ2v) is 5.58. The van der Waals surface area contributed by atoms with Crippen LogP contribution in [-0.2, 0) is 11.3 Å². The summed E-state index contributed by atoms with van der Waals surface area (Å²) in [5, 5.41) is 1.17. The molecule has 1 aromatic rings. The van der Waals surface area contributed by atoms with Crippen molar-refractivity contribution in [1.82, 2.24) is 9.80 Å². The Hall–Kier alpha value is -0.810. The monoisotopic (exact) mass is 301 g/mol. The van der Waals surface area contributed by atoms with Gasteiger partial charge in [0.15, 0.2) is 0 Å². The van der Waals surface area contributed by atoms with Gasteiger partial charge in [-0.3, -0.25) is 14.6 Å². The van der Waals surface area contributed by atoms with E-state index < -0.39 is 0 Å². The minimum atomic E-state index is -0.266. The van der Waals surface area contributed by atoms with E-state index in [9.17, 15) is 4.79 Å². The highest BCUT2D eigenvalue weighted by atomic mass is 35.5. The first-order valence-corrected chi connectivity index (χ1v) is 6.97. The van der Waals surface area contributed by atoms with E-state index in [0.29, 0.717) is 16.6 Å². The lowest BCUT2D eigenvalue weighted by molar-refractivity contribution is -0.119. The van der Waals surface area contributed by atoms with Crippen molar-refractivity contribution in [3.8, 4) is 0 Å². The molecule has 1 aromatic carbocycles. The highest BCUT2D eigenvalue weighted by Crippen LogP contribution is 2.23. The number of hydrogen-bond donors (Lipinski definition) is 1. The summed E-state index contributed by atoms with van der Waals surface area (Å²) in [6.45, 7) is 4.78. The average Bonchev–Trinajstić information content (AvgIpc) is 2.36. The molecule has 0 unspecified atom stereocenters. The fourth-order valence-electron chi connectivity index (χ4n) is 2.22. The quantitative estimate of drug-likeness (QED) is 0.919. The van der Waals surface area contributed by atoms with E-state index in [2.05, 4.69) is 9.80 Å². The van der Waals surface area contributed by atoms with Crippen LogP contribution in [-0.4, -0.2) is 48.4 Å². The number of hydrogen-bond acceptors (Lipinski definition) is 3. The van der Waals surface area contributed by atoms with Gasteiger partial charge in [-0.15, -0.1) is 0 Å². The number of carbonyl (C=O) groups excluding carboxylic acids is 1. The van der Waals surface area contributed by atoms with Crippen molar-refractivity contribution in [2.24, 2.45) is 5.73 Å². The molecule has 4 nitrogen and oxygen atoms in total. The fourth-order valence-corrected chi connectivity index (χ4v) is 2.54. The number of primary amides is 1. The third-order valence-electron chi connectivity index (χ3n) is 3.23. The Bertz CT molecular complexity index is 459. The molecule has 1 saturated heterocycles. The Morgan fingerprint density at radius 2 is 1.74 bits per heavy atom. The number of amides is 1. The minimum Gasteiger partial charge on any atom is -0.369 e. The molecule has 1 heterocycles. The molecule has 2 rings (SSSR count). The molecule has 1 fully saturated rings. The van der Waals surface area contributed by atoms with E-state index in [4.69, 9.17) is 28.9 Å². The number of benzene rings is 1. The first-order valence-electron chi connectivity index (χ1n) is 6.21. The van der Waals surface area contributed by atoms with Crippen molar-refractivity contribution < 1.29 is 4.79 Å². The van der Waals surface area contributed by atoms with E-state index in [1.165, 1.54) is 0 Å². The Kier molecular flexibility index (Phi) is 5.05. The lowest BCUT2D eigenvalue weighted by atomic mass is 10.2. The molecule has 104 valence electrons. The number of nitrogens with two attached hydrogens (primary N) is 1. The predicted octanol–water partition coefficient (Wildman–Crippen LogP) is 1.60. The topological polar surface area (TPSA) is 49.6 Å². The maximum absolute atomic E-state index is 10.8. The maximum atomic E-state index is 10.8. The van der Waals surface area contributed by atoms with Crippen molar-refractivity contribution in [3.05, 3.63) is 33.8 Å². The van der Waals surface area contributed by atoms with Crippen LogP contribution in [0.2, 0.25) is 10.0 Å². The predicted molar refractivity (Wildman–Crippen MR) is 77.4 cm³/mol. The molecular formula is C13H17Cl2N3O. The third kappa shape index (κ3) is 4.35. The van der Waals surface area contributed by atoms with Crippen molar-refractivity contribution in [2.45, 2.75) is 6.54 Å². The zero-order valence-corrected chi connectivity index (χ0v) is 12.1. The zero-order chi connectivity index (χ0) is 13.8. The summed E-state index contributed by atoms with van der Waals surface area (Å²) in [6, 6.07) is 5.71. The molecule has 1 amide bonds. The molecule has 19 heavy (non-hydrogen) atoms. The van der Waals surface area contributed by atoms with Crippen molar-refractivity contribution in [2.75, 3.05) is 32.7 Å². The lowest BCUT2D eigenvalue weighted by Crippen LogP contribution is -2.48. The van der Waals surface area contributed by atoms with Crippen LogP contribution in [0.3, 0.4) is 0 Å². The van der Waals surface area contributed by atoms with Gasteiger partial charge in [-0.05, 0) is 17.7 Å². The number of nitrogens with zero attached hydrogens (tertiary/aromatic N) is 2. The highest BCUT2D eigenvalue weighted by molar-refractivity contribution is 6.42. The molecule has 1 aliphatic heterocycles. The van der Waals surface area contributed by atoms with Gasteiger partial charge < -0.3 is 5.73 Å². The molecule has 0 aliphatic carbocycles. The molecular weight excluding hydrogens is 285 g/mol. The van der Waals surface area contributed by atoms with Gasteiger partial charge in [-0.25, -0.2) is 0 Å². The first kappa shape index (κ1) is 14.6. The molecule has 2 N–H and O–H groups in total. The average molecular weight is 302 g/mol. The van der Waals surface area contributed by atoms with Gasteiger partial charge in [0, 0.05) is 32.7 Å². The highest BCUT2D eigenvalue weighted by Gasteiger charge is 2.18. The molecule has 0 spiro atoms. The van der Waals surface area contributed by atoms with E-state index in [-0.39, 0.29) is 5.91 Å². The summed E-state index contributed by atoms with van der Waals surface area (Å²) in [4.78, 5) is 15.3. The summed E-state index contributed by atoms with van der Waals surface area (Å²) >= 11 is 11.9. The Labute approximate surface area is 123 Å². The Balaban J connectivity index is 1.85. The Morgan fingerprint density at radius 1 is 1.11 bits per heavy atom. The second-order valence-electron chi connectivity index (χ2n) is 4.77. The molecule has 0 atom stereocenters. The van der Waals surface area contributed by atoms with Crippen LogP contribution in [0.15, 0.2) is 18.2 Å². The van der Waals surface area contributed by atoms with Crippen molar-refractivity contribution >= 4 is 29.1 Å². The van der Waals surface area contributed by atoms with Gasteiger partial charge in [0.05, 0.1) is 16.6 Å². The summed E-state index contributed by atoms with van der Waals surface area (Å²) in [7, 11) is 0. The molecule has 1 aliphatic rings. The van der Waals surface area contributed by atoms with Crippen LogP contribution in [0.25, 0.3) is 0 Å². The number of carbonyl (C=O) groups is 1. The third-order valence-corrected chi connectivity index (χ3v) is 3.97. The number of rotatable bonds is 4. The van der Waals surface area contributed by atoms with E-state index >= 15 is 0 Å². The van der Waals surface area contributed by atoms with Gasteiger partial charge in [-0.1, -0.05) is 29.3 Å². The second kappa shape index (κ2) is 6.57. The maximum Gasteiger partial charge on any atom is 0.231 e. The van der Waals surface area contributed by atoms with E-state index in [1.54, 1.807) is 0 Å². The van der Waals surface area contributed by atoms with Crippen LogP contribution < -0.4 is 5.73 Å². The number of halogens is 2. The molecule has 0 bridgehead atoms. The summed E-state index contributed by atoms with van der Waals surface area (Å²) in [5.41, 5.74) is 6.34. The first-order chi connectivity index (χ1) is 9.04. The number of piperazine rings is 1. The molecule has 0 aromatic heterocycles. The van der Waals surface area contributed by atoms with Crippen LogP contribution in [0.1, 0.15) is 5.56 Å². The zero-order valence-electron chi connectivity index (χ0n) is 10.6. The van der Waals surface area contributed by atoms with Gasteiger partial charge in [0.2, 0.25) is 5.91 Å². The standard InChI is InChI=1S/C13H17Cl2N3O/c14-11-2-1-10(7-12(11)15)8-17-3-5-18(6-4-17)9-13(16)19/h1-2,7H,3-6,8-9H2,(H2,16,19). The molecule has 0 radical (unpaired) electrons. The van der Waals surface area contributed by atoms with Crippen LogP contribution in [0, 0.1) is 0 Å².